The van der Waals surface area contributed by atoms with Crippen molar-refractivity contribution in [2.24, 2.45) is 0 Å². The van der Waals surface area contributed by atoms with Gasteiger partial charge in [-0.1, -0.05) is 55.1 Å². The van der Waals surface area contributed by atoms with Crippen LogP contribution in [0.5, 0.6) is 0 Å². The molecule has 0 fully saturated rings. The van der Waals surface area contributed by atoms with Gasteiger partial charge in [-0.3, -0.25) is 4.79 Å². The Morgan fingerprint density at radius 1 is 0.967 bits per heavy atom. The van der Waals surface area contributed by atoms with E-state index in [1.165, 1.54) is 43.3 Å². The molecule has 0 aliphatic carbocycles. The summed E-state index contributed by atoms with van der Waals surface area (Å²) >= 11 is 0. The largest absolute Gasteiger partial charge is 0.454 e. The number of ether oxygens (including phenoxy) is 1. The second-order valence-electron chi connectivity index (χ2n) is 7.19. The van der Waals surface area contributed by atoms with Gasteiger partial charge in [-0.2, -0.15) is 13.2 Å². The Labute approximate surface area is 170 Å². The number of hydrogen-bond donors (Lipinski definition) is 1. The first-order chi connectivity index (χ1) is 14.0. The molecule has 30 heavy (non-hydrogen) atoms. The molecule has 7 heteroatoms. The number of benzene rings is 3. The lowest BCUT2D eigenvalue weighted by Gasteiger charge is -2.30. The molecule has 0 amide bonds. The molecule has 3 rings (SSSR count). The van der Waals surface area contributed by atoms with Gasteiger partial charge in [-0.25, -0.2) is 4.79 Å². The third-order valence-corrected chi connectivity index (χ3v) is 4.93. The van der Waals surface area contributed by atoms with E-state index in [1.807, 2.05) is 0 Å². The van der Waals surface area contributed by atoms with E-state index in [0.29, 0.717) is 6.92 Å². The van der Waals surface area contributed by atoms with Crippen LogP contribution in [0.15, 0.2) is 60.7 Å². The smallest absolute Gasteiger partial charge is 0.421 e. The van der Waals surface area contributed by atoms with Crippen molar-refractivity contribution < 1.29 is 32.6 Å². The first-order valence-corrected chi connectivity index (χ1v) is 9.05. The van der Waals surface area contributed by atoms with E-state index >= 15 is 0 Å². The molecule has 1 N–H and O–H groups in total. The molecular formula is C23H19F3O4. The summed E-state index contributed by atoms with van der Waals surface area (Å²) in [6, 6.07) is 12.1. The minimum atomic E-state index is -4.94. The summed E-state index contributed by atoms with van der Waals surface area (Å²) in [5, 5.41) is 11.1. The van der Waals surface area contributed by atoms with Crippen molar-refractivity contribution in [2.75, 3.05) is 6.61 Å². The molecule has 4 nitrogen and oxygen atoms in total. The third kappa shape index (κ3) is 3.57. The first-order valence-electron chi connectivity index (χ1n) is 9.05. The molecule has 0 saturated heterocycles. The first kappa shape index (κ1) is 21.5. The van der Waals surface area contributed by atoms with Crippen LogP contribution in [0.3, 0.4) is 0 Å². The van der Waals surface area contributed by atoms with Gasteiger partial charge in [0, 0.05) is 16.7 Å². The Morgan fingerprint density at radius 2 is 1.40 bits per heavy atom. The van der Waals surface area contributed by atoms with Gasteiger partial charge in [0.2, 0.25) is 5.78 Å². The van der Waals surface area contributed by atoms with E-state index in [4.69, 9.17) is 4.74 Å². The maximum Gasteiger partial charge on any atom is 0.421 e. The fourth-order valence-electron chi connectivity index (χ4n) is 3.42. The van der Waals surface area contributed by atoms with Gasteiger partial charge < -0.3 is 9.84 Å². The zero-order chi connectivity index (χ0) is 22.3. The second-order valence-corrected chi connectivity index (χ2v) is 7.19. The van der Waals surface area contributed by atoms with Crippen molar-refractivity contribution in [3.8, 4) is 0 Å². The number of hydrogen-bond acceptors (Lipinski definition) is 4. The van der Waals surface area contributed by atoms with Gasteiger partial charge in [0.1, 0.15) is 0 Å². The Hall–Kier alpha value is -3.19. The summed E-state index contributed by atoms with van der Waals surface area (Å²) in [6.45, 7) is 4.99. The number of ketones is 1. The van der Waals surface area contributed by atoms with E-state index in [9.17, 15) is 27.9 Å². The van der Waals surface area contributed by atoms with Crippen LogP contribution in [0.2, 0.25) is 0 Å². The average Bonchev–Trinajstić information content (AvgIpc) is 2.68. The molecule has 3 aromatic carbocycles. The lowest BCUT2D eigenvalue weighted by atomic mass is 9.82. The van der Waals surface area contributed by atoms with E-state index in [1.54, 1.807) is 12.1 Å². The highest BCUT2D eigenvalue weighted by molar-refractivity contribution is 6.21. The van der Waals surface area contributed by atoms with Gasteiger partial charge in [-0.05, 0) is 35.4 Å². The number of alkyl halides is 3. The summed E-state index contributed by atoms with van der Waals surface area (Å²) in [5.41, 5.74) is -3.25. The fourth-order valence-corrected chi connectivity index (χ4v) is 3.42. The SMILES string of the molecule is C=C(C)C(=O)OCC(=O)c1c2ccccc2c(C(C)(O)C(F)(F)F)c2ccccc12. The molecule has 0 aliphatic heterocycles. The van der Waals surface area contributed by atoms with Gasteiger partial charge in [-0.15, -0.1) is 0 Å². The van der Waals surface area contributed by atoms with Crippen LogP contribution in [0.1, 0.15) is 29.8 Å². The summed E-state index contributed by atoms with van der Waals surface area (Å²) in [7, 11) is 0. The second kappa shape index (κ2) is 7.57. The van der Waals surface area contributed by atoms with Crippen LogP contribution in [0.4, 0.5) is 13.2 Å². The fraction of sp³-hybridized carbons (Fsp3) is 0.217. The molecule has 0 heterocycles. The van der Waals surface area contributed by atoms with E-state index in [2.05, 4.69) is 6.58 Å². The predicted octanol–water partition coefficient (Wildman–Crippen LogP) is 5.06. The molecule has 1 atom stereocenters. The van der Waals surface area contributed by atoms with Crippen LogP contribution in [0, 0.1) is 0 Å². The quantitative estimate of drug-likeness (QED) is 0.273. The molecular weight excluding hydrogens is 397 g/mol. The molecule has 3 aromatic rings. The van der Waals surface area contributed by atoms with Crippen LogP contribution in [-0.4, -0.2) is 29.6 Å². The minimum absolute atomic E-state index is 0.0908. The number of aliphatic hydroxyl groups is 1. The number of carbonyl (C=O) groups excluding carboxylic acids is 2. The molecule has 0 radical (unpaired) electrons. The minimum Gasteiger partial charge on any atom is -0.454 e. The lowest BCUT2D eigenvalue weighted by molar-refractivity contribution is -0.257. The third-order valence-electron chi connectivity index (χ3n) is 4.93. The number of carbonyl (C=O) groups is 2. The van der Waals surface area contributed by atoms with Crippen LogP contribution < -0.4 is 0 Å². The van der Waals surface area contributed by atoms with Gasteiger partial charge in [0.25, 0.3) is 0 Å². The Morgan fingerprint density at radius 3 is 1.80 bits per heavy atom. The van der Waals surface area contributed by atoms with Crippen molar-refractivity contribution in [1.29, 1.82) is 0 Å². The van der Waals surface area contributed by atoms with Gasteiger partial charge in [0.15, 0.2) is 12.2 Å². The zero-order valence-electron chi connectivity index (χ0n) is 16.3. The summed E-state index contributed by atoms with van der Waals surface area (Å²) < 4.78 is 46.2. The van der Waals surface area contributed by atoms with Crippen molar-refractivity contribution in [3.63, 3.8) is 0 Å². The number of esters is 1. The lowest BCUT2D eigenvalue weighted by Crippen LogP contribution is -2.39. The van der Waals surface area contributed by atoms with E-state index < -0.39 is 30.1 Å². The molecule has 0 aliphatic rings. The molecule has 1 unspecified atom stereocenters. The van der Waals surface area contributed by atoms with Crippen molar-refractivity contribution in [1.82, 2.24) is 0 Å². The molecule has 0 bridgehead atoms. The summed E-state index contributed by atoms with van der Waals surface area (Å²) in [5.74, 6) is -1.32. The van der Waals surface area contributed by atoms with Crippen LogP contribution in [-0.2, 0) is 15.1 Å². The standard InChI is InChI=1S/C23H19F3O4/c1-13(2)21(28)30-12-18(27)19-14-8-4-6-10-16(14)20(22(3,29)23(24,25)26)17-11-7-5-9-15(17)19/h4-11,29H,1,12H2,2-3H3. The van der Waals surface area contributed by atoms with Crippen molar-refractivity contribution in [2.45, 2.75) is 25.6 Å². The Balaban J connectivity index is 2.33. The summed E-state index contributed by atoms with van der Waals surface area (Å²) in [4.78, 5) is 24.6. The maximum atomic E-state index is 13.7. The molecule has 156 valence electrons. The van der Waals surface area contributed by atoms with E-state index in [0.717, 1.165) is 0 Å². The van der Waals surface area contributed by atoms with Crippen LogP contribution >= 0.6 is 0 Å². The molecule has 0 spiro atoms. The molecule has 0 aromatic heterocycles. The molecule has 0 saturated carbocycles. The number of rotatable bonds is 5. The van der Waals surface area contributed by atoms with Crippen molar-refractivity contribution >= 4 is 33.3 Å². The van der Waals surface area contributed by atoms with Gasteiger partial charge >= 0.3 is 12.1 Å². The monoisotopic (exact) mass is 416 g/mol. The Bertz CT molecular complexity index is 1120. The topological polar surface area (TPSA) is 63.6 Å². The highest BCUT2D eigenvalue weighted by Crippen LogP contribution is 2.46. The number of fused-ring (bicyclic) bond motifs is 2. The normalized spacial score (nSPS) is 13.8. The highest BCUT2D eigenvalue weighted by atomic mass is 19.4. The van der Waals surface area contributed by atoms with E-state index in [-0.39, 0.29) is 38.2 Å². The Kier molecular flexibility index (Phi) is 5.43. The predicted molar refractivity (Wildman–Crippen MR) is 107 cm³/mol. The highest BCUT2D eigenvalue weighted by Gasteiger charge is 2.52. The van der Waals surface area contributed by atoms with Crippen LogP contribution in [0.25, 0.3) is 21.5 Å². The number of halogens is 3. The van der Waals surface area contributed by atoms with Crippen molar-refractivity contribution in [3.05, 3.63) is 71.8 Å². The zero-order valence-corrected chi connectivity index (χ0v) is 16.3. The average molecular weight is 416 g/mol. The number of Topliss-reactive ketones (excluding diaryl/α,β-unsaturated/α-hetero) is 1. The van der Waals surface area contributed by atoms with Gasteiger partial charge in [0.05, 0.1) is 0 Å². The summed E-state index contributed by atoms with van der Waals surface area (Å²) in [6.07, 6.45) is -4.94. The maximum absolute atomic E-state index is 13.7.